The van der Waals surface area contributed by atoms with Gasteiger partial charge in [-0.15, -0.1) is 0 Å². The average molecular weight is 487 g/mol. The molecule has 1 saturated carbocycles. The smallest absolute Gasteiger partial charge is 0.227 e. The monoisotopic (exact) mass is 486 g/mol. The Morgan fingerprint density at radius 3 is 2.40 bits per heavy atom. The van der Waals surface area contributed by atoms with Gasteiger partial charge in [-0.3, -0.25) is 9.78 Å². The molecule has 35 heavy (non-hydrogen) atoms. The van der Waals surface area contributed by atoms with Crippen LogP contribution in [0.5, 0.6) is 0 Å². The topological polar surface area (TPSA) is 33.2 Å². The molecule has 1 aliphatic rings. The molecule has 1 aromatic heterocycles. The molecule has 5 rings (SSSR count). The van der Waals surface area contributed by atoms with E-state index in [-0.39, 0.29) is 17.8 Å². The van der Waals surface area contributed by atoms with Gasteiger partial charge in [0.1, 0.15) is 5.82 Å². The first-order valence-corrected chi connectivity index (χ1v) is 12.6. The van der Waals surface area contributed by atoms with E-state index in [4.69, 9.17) is 11.6 Å². The second kappa shape index (κ2) is 10.6. The number of halogens is 2. The lowest BCUT2D eigenvalue weighted by Crippen LogP contribution is -2.42. The predicted octanol–water partition coefficient (Wildman–Crippen LogP) is 7.33. The van der Waals surface area contributed by atoms with Crippen LogP contribution >= 0.6 is 11.6 Å². The Balaban J connectivity index is 1.34. The van der Waals surface area contributed by atoms with Crippen LogP contribution < -0.4 is 0 Å². The van der Waals surface area contributed by atoms with Crippen molar-refractivity contribution in [1.82, 2.24) is 9.88 Å². The molecule has 0 bridgehead atoms. The number of rotatable bonds is 6. The molecular formula is C30H28ClFN2O. The summed E-state index contributed by atoms with van der Waals surface area (Å²) < 4.78 is 14.0. The van der Waals surface area contributed by atoms with E-state index in [1.165, 1.54) is 6.07 Å². The van der Waals surface area contributed by atoms with Gasteiger partial charge in [0.05, 0.1) is 11.9 Å². The SMILES string of the molecule is O=C(Cc1ccc(Cl)cc1)N(Cc1ccccc1)[C@H]1CC[C@H](c2ccnc3ccc(F)cc32)CC1. The van der Waals surface area contributed by atoms with E-state index >= 15 is 0 Å². The Hall–Kier alpha value is -3.24. The highest BCUT2D eigenvalue weighted by atomic mass is 35.5. The lowest BCUT2D eigenvalue weighted by molar-refractivity contribution is -0.134. The summed E-state index contributed by atoms with van der Waals surface area (Å²) in [5.74, 6) is 0.238. The van der Waals surface area contributed by atoms with E-state index in [0.29, 0.717) is 23.9 Å². The van der Waals surface area contributed by atoms with Crippen molar-refractivity contribution in [2.75, 3.05) is 0 Å². The summed E-state index contributed by atoms with van der Waals surface area (Å²) in [6.07, 6.45) is 5.93. The Morgan fingerprint density at radius 2 is 1.66 bits per heavy atom. The van der Waals surface area contributed by atoms with E-state index in [0.717, 1.165) is 53.3 Å². The second-order valence-electron chi connectivity index (χ2n) is 9.38. The predicted molar refractivity (Wildman–Crippen MR) is 139 cm³/mol. The van der Waals surface area contributed by atoms with Gasteiger partial charge in [-0.25, -0.2) is 4.39 Å². The molecule has 0 atom stereocenters. The highest BCUT2D eigenvalue weighted by molar-refractivity contribution is 6.30. The minimum atomic E-state index is -0.234. The van der Waals surface area contributed by atoms with Crippen molar-refractivity contribution >= 4 is 28.4 Å². The van der Waals surface area contributed by atoms with Gasteiger partial charge in [0.2, 0.25) is 5.91 Å². The molecule has 0 unspecified atom stereocenters. The summed E-state index contributed by atoms with van der Waals surface area (Å²) in [6, 6.07) is 24.7. The van der Waals surface area contributed by atoms with Crippen LogP contribution in [0.15, 0.2) is 85.1 Å². The molecule has 4 aromatic rings. The first kappa shape index (κ1) is 23.5. The van der Waals surface area contributed by atoms with Crippen molar-refractivity contribution in [2.24, 2.45) is 0 Å². The second-order valence-corrected chi connectivity index (χ2v) is 9.81. The highest BCUT2D eigenvalue weighted by Gasteiger charge is 2.30. The molecule has 5 heteroatoms. The maximum Gasteiger partial charge on any atom is 0.227 e. The van der Waals surface area contributed by atoms with Gasteiger partial charge in [-0.2, -0.15) is 0 Å². The van der Waals surface area contributed by atoms with Crippen LogP contribution in [0.4, 0.5) is 4.39 Å². The summed E-state index contributed by atoms with van der Waals surface area (Å²) in [5, 5.41) is 1.57. The van der Waals surface area contributed by atoms with Crippen molar-refractivity contribution in [3.63, 3.8) is 0 Å². The number of pyridine rings is 1. The van der Waals surface area contributed by atoms with Crippen molar-refractivity contribution in [1.29, 1.82) is 0 Å². The molecular weight excluding hydrogens is 459 g/mol. The quantitative estimate of drug-likeness (QED) is 0.286. The van der Waals surface area contributed by atoms with Crippen LogP contribution in [0.2, 0.25) is 5.02 Å². The number of hydrogen-bond donors (Lipinski definition) is 0. The zero-order chi connectivity index (χ0) is 24.2. The van der Waals surface area contributed by atoms with Crippen molar-refractivity contribution in [3.8, 4) is 0 Å². The van der Waals surface area contributed by atoms with Crippen LogP contribution in [0.25, 0.3) is 10.9 Å². The standard InChI is InChI=1S/C30H28ClFN2O/c31-24-10-6-21(7-11-24)18-30(35)34(20-22-4-2-1-3-5-22)26-13-8-23(9-14-26)27-16-17-33-29-15-12-25(32)19-28(27)29/h1-7,10-12,15-17,19,23,26H,8-9,13-14,18,20H2/t23-,26-. The summed E-state index contributed by atoms with van der Waals surface area (Å²) in [7, 11) is 0. The number of benzene rings is 3. The van der Waals surface area contributed by atoms with Gasteiger partial charge in [-0.05, 0) is 84.7 Å². The molecule has 1 fully saturated rings. The molecule has 178 valence electrons. The zero-order valence-corrected chi connectivity index (χ0v) is 20.3. The maximum atomic E-state index is 14.0. The molecule has 0 spiro atoms. The van der Waals surface area contributed by atoms with Gasteiger partial charge in [0.25, 0.3) is 0 Å². The number of hydrogen-bond acceptors (Lipinski definition) is 2. The van der Waals surface area contributed by atoms with Crippen LogP contribution in [-0.4, -0.2) is 21.8 Å². The van der Waals surface area contributed by atoms with E-state index in [2.05, 4.69) is 22.0 Å². The highest BCUT2D eigenvalue weighted by Crippen LogP contribution is 2.38. The van der Waals surface area contributed by atoms with Crippen molar-refractivity contribution < 1.29 is 9.18 Å². The van der Waals surface area contributed by atoms with E-state index in [9.17, 15) is 9.18 Å². The van der Waals surface area contributed by atoms with Crippen molar-refractivity contribution in [3.05, 3.63) is 113 Å². The van der Waals surface area contributed by atoms with Gasteiger partial charge in [-0.1, -0.05) is 54.1 Å². The van der Waals surface area contributed by atoms with Crippen LogP contribution in [0.1, 0.15) is 48.3 Å². The van der Waals surface area contributed by atoms with Crippen LogP contribution in [-0.2, 0) is 17.8 Å². The Kier molecular flexibility index (Phi) is 7.10. The lowest BCUT2D eigenvalue weighted by Gasteiger charge is -2.37. The van der Waals surface area contributed by atoms with Gasteiger partial charge >= 0.3 is 0 Å². The Morgan fingerprint density at radius 1 is 0.914 bits per heavy atom. The largest absolute Gasteiger partial charge is 0.335 e. The van der Waals surface area contributed by atoms with Crippen LogP contribution in [0.3, 0.4) is 0 Å². The van der Waals surface area contributed by atoms with E-state index < -0.39 is 0 Å². The zero-order valence-electron chi connectivity index (χ0n) is 19.5. The number of carbonyl (C=O) groups is 1. The number of amides is 1. The molecule has 0 aliphatic heterocycles. The number of carbonyl (C=O) groups excluding carboxylic acids is 1. The molecule has 1 heterocycles. The molecule has 3 nitrogen and oxygen atoms in total. The average Bonchev–Trinajstić information content (AvgIpc) is 2.89. The molecule has 3 aromatic carbocycles. The molecule has 1 amide bonds. The van der Waals surface area contributed by atoms with Crippen molar-refractivity contribution in [2.45, 2.75) is 50.6 Å². The third-order valence-electron chi connectivity index (χ3n) is 7.10. The number of fused-ring (bicyclic) bond motifs is 1. The Bertz CT molecular complexity index is 1300. The molecule has 1 aliphatic carbocycles. The molecule has 0 radical (unpaired) electrons. The van der Waals surface area contributed by atoms with Gasteiger partial charge in [0, 0.05) is 29.2 Å². The lowest BCUT2D eigenvalue weighted by atomic mass is 9.80. The Labute approximate surface area is 210 Å². The maximum absolute atomic E-state index is 14.0. The number of aromatic nitrogens is 1. The normalized spacial score (nSPS) is 17.9. The summed E-state index contributed by atoms with van der Waals surface area (Å²) in [4.78, 5) is 20.0. The van der Waals surface area contributed by atoms with Gasteiger partial charge < -0.3 is 4.90 Å². The molecule has 0 saturated heterocycles. The molecule has 0 N–H and O–H groups in total. The summed E-state index contributed by atoms with van der Waals surface area (Å²) >= 11 is 6.03. The van der Waals surface area contributed by atoms with Gasteiger partial charge in [0.15, 0.2) is 0 Å². The third kappa shape index (κ3) is 5.54. The van der Waals surface area contributed by atoms with E-state index in [1.807, 2.05) is 54.7 Å². The minimum absolute atomic E-state index is 0.135. The first-order chi connectivity index (χ1) is 17.1. The summed E-state index contributed by atoms with van der Waals surface area (Å²) in [6.45, 7) is 0.603. The fourth-order valence-corrected chi connectivity index (χ4v) is 5.40. The van der Waals surface area contributed by atoms with Crippen LogP contribution in [0, 0.1) is 5.82 Å². The minimum Gasteiger partial charge on any atom is -0.335 e. The number of nitrogens with zero attached hydrogens (tertiary/aromatic N) is 2. The summed E-state index contributed by atoms with van der Waals surface area (Å²) in [5.41, 5.74) is 4.09. The fourth-order valence-electron chi connectivity index (χ4n) is 5.27. The fraction of sp³-hybridized carbons (Fsp3) is 0.267. The van der Waals surface area contributed by atoms with E-state index in [1.54, 1.807) is 12.1 Å². The first-order valence-electron chi connectivity index (χ1n) is 12.2. The third-order valence-corrected chi connectivity index (χ3v) is 7.35.